The first-order chi connectivity index (χ1) is 12.8. The summed E-state index contributed by atoms with van der Waals surface area (Å²) in [5.74, 6) is 0.563. The highest BCUT2D eigenvalue weighted by Crippen LogP contribution is 2.34. The number of nitrogens with zero attached hydrogens (tertiary/aromatic N) is 2. The number of aromatic nitrogens is 1. The van der Waals surface area contributed by atoms with Crippen LogP contribution in [0.2, 0.25) is 0 Å². The quantitative estimate of drug-likeness (QED) is 0.542. The van der Waals surface area contributed by atoms with Crippen molar-refractivity contribution in [2.45, 2.75) is 23.8 Å². The maximum atomic E-state index is 11.5. The van der Waals surface area contributed by atoms with Gasteiger partial charge in [0.25, 0.3) is 0 Å². The van der Waals surface area contributed by atoms with Crippen molar-refractivity contribution in [3.63, 3.8) is 0 Å². The average Bonchev–Trinajstić information content (AvgIpc) is 2.62. The van der Waals surface area contributed by atoms with Crippen molar-refractivity contribution in [1.29, 1.82) is 0 Å². The van der Waals surface area contributed by atoms with Crippen molar-refractivity contribution < 1.29 is 27.6 Å². The standard InChI is InChI=1S/C17H18N2O7S/c1-27(22,23)14-3-5-17(18-11-14)26-13-2-4-15(19(20)21)16(10-13)25-12-6-8-24-9-7-12/h2-5,10-12H,6-9H2,1H3. The molecule has 0 atom stereocenters. The second kappa shape index (κ2) is 7.89. The third-order valence-corrected chi connectivity index (χ3v) is 5.05. The van der Waals surface area contributed by atoms with Gasteiger partial charge in [-0.25, -0.2) is 13.4 Å². The van der Waals surface area contributed by atoms with Crippen LogP contribution in [0.15, 0.2) is 41.4 Å². The lowest BCUT2D eigenvalue weighted by Gasteiger charge is -2.23. The van der Waals surface area contributed by atoms with Crippen LogP contribution in [0, 0.1) is 10.1 Å². The number of hydrogen-bond acceptors (Lipinski definition) is 8. The van der Waals surface area contributed by atoms with Crippen LogP contribution in [0.25, 0.3) is 0 Å². The Morgan fingerprint density at radius 1 is 1.22 bits per heavy atom. The number of rotatable bonds is 6. The van der Waals surface area contributed by atoms with Crippen LogP contribution < -0.4 is 9.47 Å². The number of ether oxygens (including phenoxy) is 3. The summed E-state index contributed by atoms with van der Waals surface area (Å²) in [7, 11) is -3.35. The molecule has 144 valence electrons. The van der Waals surface area contributed by atoms with E-state index in [1.165, 1.54) is 36.5 Å². The molecule has 27 heavy (non-hydrogen) atoms. The Morgan fingerprint density at radius 3 is 2.56 bits per heavy atom. The minimum Gasteiger partial charge on any atom is -0.483 e. The molecule has 1 saturated heterocycles. The topological polar surface area (TPSA) is 118 Å². The van der Waals surface area contributed by atoms with E-state index in [9.17, 15) is 18.5 Å². The largest absolute Gasteiger partial charge is 0.483 e. The minimum atomic E-state index is -3.35. The lowest BCUT2D eigenvalue weighted by atomic mass is 10.1. The molecule has 3 rings (SSSR count). The SMILES string of the molecule is CS(=O)(=O)c1ccc(Oc2ccc([N+](=O)[O-])c(OC3CCOCC3)c2)nc1. The molecule has 9 nitrogen and oxygen atoms in total. The molecular weight excluding hydrogens is 376 g/mol. The van der Waals surface area contributed by atoms with Gasteiger partial charge in [-0.15, -0.1) is 0 Å². The van der Waals surface area contributed by atoms with E-state index in [0.717, 1.165) is 6.26 Å². The highest BCUT2D eigenvalue weighted by molar-refractivity contribution is 7.90. The van der Waals surface area contributed by atoms with Gasteiger partial charge in [-0.05, 0) is 12.1 Å². The number of benzene rings is 1. The van der Waals surface area contributed by atoms with E-state index in [2.05, 4.69) is 4.98 Å². The van der Waals surface area contributed by atoms with Crippen LogP contribution in [0.3, 0.4) is 0 Å². The first-order valence-electron chi connectivity index (χ1n) is 8.20. The fraction of sp³-hybridized carbons (Fsp3) is 0.353. The van der Waals surface area contributed by atoms with Gasteiger partial charge < -0.3 is 14.2 Å². The molecule has 0 radical (unpaired) electrons. The van der Waals surface area contributed by atoms with Gasteiger partial charge in [0.1, 0.15) is 11.9 Å². The molecule has 0 bridgehead atoms. The summed E-state index contributed by atoms with van der Waals surface area (Å²) in [5, 5.41) is 11.3. The first kappa shape index (κ1) is 19.1. The fourth-order valence-corrected chi connectivity index (χ4v) is 3.10. The van der Waals surface area contributed by atoms with Crippen molar-refractivity contribution in [2.24, 2.45) is 0 Å². The second-order valence-electron chi connectivity index (χ2n) is 6.02. The molecule has 0 unspecified atom stereocenters. The van der Waals surface area contributed by atoms with E-state index in [-0.39, 0.29) is 28.3 Å². The Labute approximate surface area is 156 Å². The molecule has 1 aliphatic rings. The Kier molecular flexibility index (Phi) is 5.57. The molecule has 0 N–H and O–H groups in total. The van der Waals surface area contributed by atoms with Crippen LogP contribution in [0.1, 0.15) is 12.8 Å². The molecule has 1 aromatic heterocycles. The predicted molar refractivity (Wildman–Crippen MR) is 95.0 cm³/mol. The molecule has 0 saturated carbocycles. The minimum absolute atomic E-state index is 0.0714. The van der Waals surface area contributed by atoms with Gasteiger partial charge in [-0.1, -0.05) is 0 Å². The third-order valence-electron chi connectivity index (χ3n) is 3.95. The Bertz CT molecular complexity index is 923. The zero-order valence-corrected chi connectivity index (χ0v) is 15.3. The summed E-state index contributed by atoms with van der Waals surface area (Å²) in [6.45, 7) is 1.09. The molecule has 1 fully saturated rings. The lowest BCUT2D eigenvalue weighted by molar-refractivity contribution is -0.386. The maximum absolute atomic E-state index is 11.5. The van der Waals surface area contributed by atoms with E-state index in [1.54, 1.807) is 0 Å². The van der Waals surface area contributed by atoms with Crippen molar-refractivity contribution >= 4 is 15.5 Å². The Balaban J connectivity index is 1.81. The van der Waals surface area contributed by atoms with E-state index >= 15 is 0 Å². The summed E-state index contributed by atoms with van der Waals surface area (Å²) in [4.78, 5) is 14.8. The van der Waals surface area contributed by atoms with Gasteiger partial charge in [0, 0.05) is 43.5 Å². The van der Waals surface area contributed by atoms with E-state index in [4.69, 9.17) is 14.2 Å². The van der Waals surface area contributed by atoms with Gasteiger partial charge in [0.15, 0.2) is 9.84 Å². The van der Waals surface area contributed by atoms with E-state index in [0.29, 0.717) is 31.8 Å². The summed E-state index contributed by atoms with van der Waals surface area (Å²) >= 11 is 0. The molecule has 0 aliphatic carbocycles. The van der Waals surface area contributed by atoms with Crippen LogP contribution in [-0.4, -0.2) is 43.9 Å². The molecule has 2 heterocycles. The lowest BCUT2D eigenvalue weighted by Crippen LogP contribution is -2.26. The Hall–Kier alpha value is -2.72. The van der Waals surface area contributed by atoms with E-state index in [1.807, 2.05) is 0 Å². The zero-order valence-electron chi connectivity index (χ0n) is 14.5. The summed E-state index contributed by atoms with van der Waals surface area (Å²) in [6, 6.07) is 6.95. The molecule has 0 amide bonds. The molecule has 2 aromatic rings. The number of nitro benzene ring substituents is 1. The van der Waals surface area contributed by atoms with Gasteiger partial charge in [0.05, 0.1) is 23.0 Å². The number of pyridine rings is 1. The number of nitro groups is 1. The highest BCUT2D eigenvalue weighted by atomic mass is 32.2. The van der Waals surface area contributed by atoms with Crippen LogP contribution >= 0.6 is 0 Å². The van der Waals surface area contributed by atoms with Gasteiger partial charge in [0.2, 0.25) is 11.6 Å². The molecule has 1 aromatic carbocycles. The van der Waals surface area contributed by atoms with Gasteiger partial charge >= 0.3 is 5.69 Å². The highest BCUT2D eigenvalue weighted by Gasteiger charge is 2.22. The van der Waals surface area contributed by atoms with Crippen LogP contribution in [-0.2, 0) is 14.6 Å². The monoisotopic (exact) mass is 394 g/mol. The summed E-state index contributed by atoms with van der Waals surface area (Å²) < 4.78 is 39.6. The summed E-state index contributed by atoms with van der Waals surface area (Å²) in [6.07, 6.45) is 3.41. The maximum Gasteiger partial charge on any atom is 0.311 e. The second-order valence-corrected chi connectivity index (χ2v) is 8.04. The zero-order chi connectivity index (χ0) is 19.4. The van der Waals surface area contributed by atoms with Crippen LogP contribution in [0.4, 0.5) is 5.69 Å². The van der Waals surface area contributed by atoms with Crippen molar-refractivity contribution in [1.82, 2.24) is 4.98 Å². The van der Waals surface area contributed by atoms with Crippen molar-refractivity contribution in [3.05, 3.63) is 46.6 Å². The van der Waals surface area contributed by atoms with Gasteiger partial charge in [-0.2, -0.15) is 0 Å². The third kappa shape index (κ3) is 4.92. The molecule has 1 aliphatic heterocycles. The summed E-state index contributed by atoms with van der Waals surface area (Å²) in [5.41, 5.74) is -0.158. The van der Waals surface area contributed by atoms with E-state index < -0.39 is 14.8 Å². The molecule has 0 spiro atoms. The average molecular weight is 394 g/mol. The number of hydrogen-bond donors (Lipinski definition) is 0. The predicted octanol–water partition coefficient (Wildman–Crippen LogP) is 2.74. The smallest absolute Gasteiger partial charge is 0.311 e. The Morgan fingerprint density at radius 2 is 1.96 bits per heavy atom. The van der Waals surface area contributed by atoms with Gasteiger partial charge in [-0.3, -0.25) is 10.1 Å². The fourth-order valence-electron chi connectivity index (χ4n) is 2.54. The van der Waals surface area contributed by atoms with Crippen molar-refractivity contribution in [2.75, 3.05) is 19.5 Å². The normalized spacial score (nSPS) is 15.3. The van der Waals surface area contributed by atoms with Crippen LogP contribution in [0.5, 0.6) is 17.4 Å². The number of sulfone groups is 1. The molecular formula is C17H18N2O7S. The molecule has 10 heteroatoms. The first-order valence-corrected chi connectivity index (χ1v) is 10.1. The van der Waals surface area contributed by atoms with Crippen molar-refractivity contribution in [3.8, 4) is 17.4 Å².